The van der Waals surface area contributed by atoms with Crippen molar-refractivity contribution >= 4 is 0 Å². The third kappa shape index (κ3) is 3.89. The first kappa shape index (κ1) is 13.2. The van der Waals surface area contributed by atoms with Crippen molar-refractivity contribution in [2.24, 2.45) is 0 Å². The first-order valence-electron chi connectivity index (χ1n) is 6.35. The van der Waals surface area contributed by atoms with Gasteiger partial charge in [-0.2, -0.15) is 0 Å². The molecule has 2 fully saturated rings. The Morgan fingerprint density at radius 2 is 2.06 bits per heavy atom. The van der Waals surface area contributed by atoms with Crippen LogP contribution in [0.2, 0.25) is 0 Å². The van der Waals surface area contributed by atoms with Gasteiger partial charge in [0.25, 0.3) is 0 Å². The van der Waals surface area contributed by atoms with E-state index in [0.717, 1.165) is 19.4 Å². The van der Waals surface area contributed by atoms with Crippen LogP contribution in [0.4, 0.5) is 0 Å². The van der Waals surface area contributed by atoms with Gasteiger partial charge in [0.15, 0.2) is 6.29 Å². The minimum Gasteiger partial charge on any atom is -0.390 e. The van der Waals surface area contributed by atoms with Crippen LogP contribution in [-0.4, -0.2) is 53.6 Å². The molecule has 0 aromatic heterocycles. The molecule has 2 aliphatic rings. The Hall–Kier alpha value is -0.200. The molecule has 0 aromatic carbocycles. The van der Waals surface area contributed by atoms with Crippen molar-refractivity contribution in [1.29, 1.82) is 0 Å². The summed E-state index contributed by atoms with van der Waals surface area (Å²) < 4.78 is 16.2. The molecule has 5 heteroatoms. The van der Waals surface area contributed by atoms with E-state index >= 15 is 0 Å². The van der Waals surface area contributed by atoms with E-state index in [1.165, 1.54) is 0 Å². The highest BCUT2D eigenvalue weighted by Gasteiger charge is 2.35. The van der Waals surface area contributed by atoms with Gasteiger partial charge in [0, 0.05) is 6.42 Å². The monoisotopic (exact) mass is 246 g/mol. The molecule has 2 N–H and O–H groups in total. The lowest BCUT2D eigenvalue weighted by Gasteiger charge is -2.36. The van der Waals surface area contributed by atoms with Gasteiger partial charge in [-0.1, -0.05) is 0 Å². The molecule has 1 unspecified atom stereocenters. The molecule has 2 saturated heterocycles. The summed E-state index contributed by atoms with van der Waals surface area (Å²) in [7, 11) is 0. The number of hydrogen-bond donors (Lipinski definition) is 2. The SMILES string of the molecule is C[C@H](CCC1CO1)O[C@@H]1O[C@@H](C)[C@H](O)C[C@H]1O. The molecule has 0 amide bonds. The van der Waals surface area contributed by atoms with Gasteiger partial charge >= 0.3 is 0 Å². The largest absolute Gasteiger partial charge is 0.390 e. The van der Waals surface area contributed by atoms with E-state index in [4.69, 9.17) is 14.2 Å². The smallest absolute Gasteiger partial charge is 0.184 e. The predicted octanol–water partition coefficient (Wildman–Crippen LogP) is 0.427. The molecule has 2 aliphatic heterocycles. The molecular weight excluding hydrogens is 224 g/mol. The van der Waals surface area contributed by atoms with Crippen LogP contribution < -0.4 is 0 Å². The van der Waals surface area contributed by atoms with Gasteiger partial charge in [0.1, 0.15) is 6.10 Å². The van der Waals surface area contributed by atoms with Crippen LogP contribution in [-0.2, 0) is 14.2 Å². The van der Waals surface area contributed by atoms with Gasteiger partial charge in [0.05, 0.1) is 31.0 Å². The average Bonchev–Trinajstić information content (AvgIpc) is 3.07. The Morgan fingerprint density at radius 1 is 1.35 bits per heavy atom. The lowest BCUT2D eigenvalue weighted by Crippen LogP contribution is -2.48. The first-order valence-corrected chi connectivity index (χ1v) is 6.35. The molecule has 0 saturated carbocycles. The molecule has 17 heavy (non-hydrogen) atoms. The predicted molar refractivity (Wildman–Crippen MR) is 60.5 cm³/mol. The van der Waals surface area contributed by atoms with Gasteiger partial charge < -0.3 is 24.4 Å². The summed E-state index contributed by atoms with van der Waals surface area (Å²) in [5, 5.41) is 19.3. The fourth-order valence-electron chi connectivity index (χ4n) is 2.02. The molecule has 0 aliphatic carbocycles. The van der Waals surface area contributed by atoms with E-state index in [2.05, 4.69) is 0 Å². The average molecular weight is 246 g/mol. The molecule has 2 heterocycles. The van der Waals surface area contributed by atoms with Crippen LogP contribution in [0.1, 0.15) is 33.1 Å². The third-order valence-corrected chi connectivity index (χ3v) is 3.35. The Bertz CT molecular complexity index is 243. The Labute approximate surface area is 102 Å². The molecule has 6 atom stereocenters. The van der Waals surface area contributed by atoms with Gasteiger partial charge in [-0.05, 0) is 26.7 Å². The van der Waals surface area contributed by atoms with Crippen LogP contribution in [0, 0.1) is 0 Å². The van der Waals surface area contributed by atoms with E-state index in [0.29, 0.717) is 12.5 Å². The highest BCUT2D eigenvalue weighted by atomic mass is 16.7. The Kier molecular flexibility index (Phi) is 4.38. The van der Waals surface area contributed by atoms with Crippen molar-refractivity contribution in [2.45, 2.75) is 69.9 Å². The quantitative estimate of drug-likeness (QED) is 0.688. The number of aliphatic hydroxyl groups is 2. The van der Waals surface area contributed by atoms with Gasteiger partial charge in [0.2, 0.25) is 0 Å². The van der Waals surface area contributed by atoms with Crippen molar-refractivity contribution in [2.75, 3.05) is 6.61 Å². The Balaban J connectivity index is 1.72. The minimum atomic E-state index is -0.749. The summed E-state index contributed by atoms with van der Waals surface area (Å²) in [6, 6.07) is 0. The molecule has 0 spiro atoms. The summed E-state index contributed by atoms with van der Waals surface area (Å²) in [4.78, 5) is 0. The van der Waals surface area contributed by atoms with Crippen molar-refractivity contribution in [1.82, 2.24) is 0 Å². The summed E-state index contributed by atoms with van der Waals surface area (Å²) in [5.74, 6) is 0. The molecule has 100 valence electrons. The van der Waals surface area contributed by atoms with Crippen LogP contribution in [0.25, 0.3) is 0 Å². The molecule has 0 bridgehead atoms. The number of ether oxygens (including phenoxy) is 3. The van der Waals surface area contributed by atoms with E-state index in [1.807, 2.05) is 6.92 Å². The van der Waals surface area contributed by atoms with E-state index < -0.39 is 18.5 Å². The molecule has 0 radical (unpaired) electrons. The highest BCUT2D eigenvalue weighted by molar-refractivity contribution is 4.79. The third-order valence-electron chi connectivity index (χ3n) is 3.35. The lowest BCUT2D eigenvalue weighted by atomic mass is 10.0. The maximum absolute atomic E-state index is 9.76. The van der Waals surface area contributed by atoms with Gasteiger partial charge in [-0.3, -0.25) is 0 Å². The van der Waals surface area contributed by atoms with E-state index in [1.54, 1.807) is 6.92 Å². The lowest BCUT2D eigenvalue weighted by molar-refractivity contribution is -0.273. The normalized spacial score (nSPS) is 43.4. The van der Waals surface area contributed by atoms with Crippen LogP contribution in [0.15, 0.2) is 0 Å². The van der Waals surface area contributed by atoms with Gasteiger partial charge in [-0.15, -0.1) is 0 Å². The van der Waals surface area contributed by atoms with Crippen molar-refractivity contribution in [3.8, 4) is 0 Å². The zero-order chi connectivity index (χ0) is 12.4. The second-order valence-corrected chi connectivity index (χ2v) is 5.06. The number of hydrogen-bond acceptors (Lipinski definition) is 5. The second kappa shape index (κ2) is 5.63. The topological polar surface area (TPSA) is 71.5 Å². The number of aliphatic hydroxyl groups excluding tert-OH is 2. The van der Waals surface area contributed by atoms with Gasteiger partial charge in [-0.25, -0.2) is 0 Å². The summed E-state index contributed by atoms with van der Waals surface area (Å²) in [6.07, 6.45) is 0.354. The fraction of sp³-hybridized carbons (Fsp3) is 1.00. The Morgan fingerprint density at radius 3 is 2.71 bits per heavy atom. The zero-order valence-electron chi connectivity index (χ0n) is 10.4. The first-order chi connectivity index (χ1) is 8.06. The fourth-order valence-corrected chi connectivity index (χ4v) is 2.02. The molecular formula is C12H22O5. The van der Waals surface area contributed by atoms with E-state index in [-0.39, 0.29) is 12.2 Å². The summed E-state index contributed by atoms with van der Waals surface area (Å²) in [5.41, 5.74) is 0. The summed E-state index contributed by atoms with van der Waals surface area (Å²) in [6.45, 7) is 4.61. The summed E-state index contributed by atoms with van der Waals surface area (Å²) >= 11 is 0. The zero-order valence-corrected chi connectivity index (χ0v) is 10.4. The maximum atomic E-state index is 9.76. The molecule has 2 rings (SSSR count). The van der Waals surface area contributed by atoms with Crippen LogP contribution in [0.5, 0.6) is 0 Å². The van der Waals surface area contributed by atoms with Crippen LogP contribution >= 0.6 is 0 Å². The van der Waals surface area contributed by atoms with Crippen LogP contribution in [0.3, 0.4) is 0 Å². The second-order valence-electron chi connectivity index (χ2n) is 5.06. The highest BCUT2D eigenvalue weighted by Crippen LogP contribution is 2.24. The standard InChI is InChI=1S/C12H22O5/c1-7(3-4-9-6-15-9)16-12-11(14)5-10(13)8(2)17-12/h7-14H,3-6H2,1-2H3/t7-,8+,9?,10-,11-,12-/m1/s1. The number of rotatable bonds is 5. The van der Waals surface area contributed by atoms with Crippen molar-refractivity contribution in [3.63, 3.8) is 0 Å². The molecule has 5 nitrogen and oxygen atoms in total. The van der Waals surface area contributed by atoms with Crippen molar-refractivity contribution in [3.05, 3.63) is 0 Å². The maximum Gasteiger partial charge on any atom is 0.184 e. The van der Waals surface area contributed by atoms with E-state index in [9.17, 15) is 10.2 Å². The molecule has 0 aromatic rings. The minimum absolute atomic E-state index is 0.0290. The van der Waals surface area contributed by atoms with Crippen molar-refractivity contribution < 1.29 is 24.4 Å². The number of epoxide rings is 1.